The first-order valence-corrected chi connectivity index (χ1v) is 6.58. The number of nitrogens with one attached hydrogen (secondary N) is 2. The Morgan fingerprint density at radius 3 is 2.55 bits per heavy atom. The number of amidine groups is 1. The van der Waals surface area contributed by atoms with Gasteiger partial charge in [-0.1, -0.05) is 17.7 Å². The zero-order chi connectivity index (χ0) is 15.9. The molecule has 0 heterocycles. The van der Waals surface area contributed by atoms with Gasteiger partial charge in [0.25, 0.3) is 0 Å². The summed E-state index contributed by atoms with van der Waals surface area (Å²) in [5.74, 6) is 0.870. The lowest BCUT2D eigenvalue weighted by Gasteiger charge is -2.07. The van der Waals surface area contributed by atoms with E-state index in [1.54, 1.807) is 54.6 Å². The summed E-state index contributed by atoms with van der Waals surface area (Å²) in [5.41, 5.74) is 8.29. The molecular formula is C15H12ClN5O. The average molecular weight is 314 g/mol. The van der Waals surface area contributed by atoms with Gasteiger partial charge in [0, 0.05) is 5.02 Å². The Morgan fingerprint density at radius 2 is 1.95 bits per heavy atom. The van der Waals surface area contributed by atoms with Crippen molar-refractivity contribution in [2.45, 2.75) is 0 Å². The van der Waals surface area contributed by atoms with Crippen molar-refractivity contribution in [3.63, 3.8) is 0 Å². The van der Waals surface area contributed by atoms with E-state index < -0.39 is 5.84 Å². The molecule has 0 aliphatic carbocycles. The molecule has 7 heteroatoms. The zero-order valence-corrected chi connectivity index (χ0v) is 12.1. The highest BCUT2D eigenvalue weighted by atomic mass is 35.5. The molecule has 0 radical (unpaired) electrons. The van der Waals surface area contributed by atoms with Gasteiger partial charge in [0.05, 0.1) is 5.69 Å². The second-order valence-electron chi connectivity index (χ2n) is 4.18. The highest BCUT2D eigenvalue weighted by Gasteiger charge is 2.02. The Bertz CT molecular complexity index is 749. The van der Waals surface area contributed by atoms with Gasteiger partial charge in [-0.15, -0.1) is 0 Å². The van der Waals surface area contributed by atoms with Gasteiger partial charge in [-0.05, 0) is 42.5 Å². The van der Waals surface area contributed by atoms with E-state index in [0.29, 0.717) is 22.2 Å². The van der Waals surface area contributed by atoms with Gasteiger partial charge in [0.2, 0.25) is 5.71 Å². The summed E-state index contributed by atoms with van der Waals surface area (Å²) in [6, 6.07) is 15.7. The minimum Gasteiger partial charge on any atom is -0.457 e. The van der Waals surface area contributed by atoms with E-state index in [2.05, 4.69) is 10.5 Å². The SMILES string of the molecule is N#C/C(=N\Nc1ccc(Oc2cccc(Cl)c2)cc1)C(=N)N. The molecule has 0 spiro atoms. The van der Waals surface area contributed by atoms with Gasteiger partial charge >= 0.3 is 0 Å². The van der Waals surface area contributed by atoms with Crippen LogP contribution in [-0.2, 0) is 0 Å². The van der Waals surface area contributed by atoms with Gasteiger partial charge in [0.1, 0.15) is 17.6 Å². The maximum absolute atomic E-state index is 8.73. The fraction of sp³-hybridized carbons (Fsp3) is 0. The summed E-state index contributed by atoms with van der Waals surface area (Å²) >= 11 is 5.89. The van der Waals surface area contributed by atoms with Crippen LogP contribution in [0.3, 0.4) is 0 Å². The minimum atomic E-state index is -0.393. The lowest BCUT2D eigenvalue weighted by atomic mass is 10.3. The third-order valence-corrected chi connectivity index (χ3v) is 2.78. The van der Waals surface area contributed by atoms with Crippen molar-refractivity contribution in [1.29, 1.82) is 10.7 Å². The topological polar surface area (TPSA) is 107 Å². The highest BCUT2D eigenvalue weighted by molar-refractivity contribution is 6.45. The smallest absolute Gasteiger partial charge is 0.201 e. The fourth-order valence-electron chi connectivity index (χ4n) is 1.53. The van der Waals surface area contributed by atoms with Crippen LogP contribution in [0.5, 0.6) is 11.5 Å². The molecule has 0 aliphatic heterocycles. The Hall–Kier alpha value is -3.04. The largest absolute Gasteiger partial charge is 0.457 e. The van der Waals surface area contributed by atoms with Gasteiger partial charge in [-0.2, -0.15) is 10.4 Å². The molecule has 0 bridgehead atoms. The third-order valence-electron chi connectivity index (χ3n) is 2.54. The number of hydrogen-bond acceptors (Lipinski definition) is 5. The number of hydrogen-bond donors (Lipinski definition) is 3. The van der Waals surface area contributed by atoms with Crippen LogP contribution in [-0.4, -0.2) is 11.5 Å². The molecule has 0 amide bonds. The molecule has 22 heavy (non-hydrogen) atoms. The number of nitrogens with zero attached hydrogens (tertiary/aromatic N) is 2. The van der Waals surface area contributed by atoms with Gasteiger partial charge < -0.3 is 10.5 Å². The zero-order valence-electron chi connectivity index (χ0n) is 11.4. The molecule has 2 rings (SSSR count). The van der Waals surface area contributed by atoms with E-state index in [1.807, 2.05) is 0 Å². The van der Waals surface area contributed by atoms with Crippen molar-refractivity contribution in [2.75, 3.05) is 5.43 Å². The molecule has 110 valence electrons. The lowest BCUT2D eigenvalue weighted by Crippen LogP contribution is -2.21. The molecule has 2 aromatic carbocycles. The minimum absolute atomic E-state index is 0.181. The number of anilines is 1. The Morgan fingerprint density at radius 1 is 1.23 bits per heavy atom. The molecule has 0 aromatic heterocycles. The van der Waals surface area contributed by atoms with Crippen LogP contribution in [0.4, 0.5) is 5.69 Å². The van der Waals surface area contributed by atoms with Crippen molar-refractivity contribution in [1.82, 2.24) is 0 Å². The van der Waals surface area contributed by atoms with Crippen LogP contribution in [0.25, 0.3) is 0 Å². The molecule has 0 unspecified atom stereocenters. The van der Waals surface area contributed by atoms with Gasteiger partial charge in [-0.25, -0.2) is 0 Å². The summed E-state index contributed by atoms with van der Waals surface area (Å²) < 4.78 is 5.64. The summed E-state index contributed by atoms with van der Waals surface area (Å²) in [6.07, 6.45) is 0. The number of benzene rings is 2. The van der Waals surface area contributed by atoms with Crippen molar-refractivity contribution in [3.8, 4) is 17.6 Å². The van der Waals surface area contributed by atoms with Crippen molar-refractivity contribution in [3.05, 3.63) is 53.6 Å². The highest BCUT2D eigenvalue weighted by Crippen LogP contribution is 2.25. The summed E-state index contributed by atoms with van der Waals surface area (Å²) in [4.78, 5) is 0. The van der Waals surface area contributed by atoms with Crippen LogP contribution in [0, 0.1) is 16.7 Å². The second-order valence-corrected chi connectivity index (χ2v) is 4.62. The molecular weight excluding hydrogens is 302 g/mol. The Labute approximate surface area is 132 Å². The van der Waals surface area contributed by atoms with Crippen LogP contribution < -0.4 is 15.9 Å². The van der Waals surface area contributed by atoms with E-state index in [-0.39, 0.29) is 5.71 Å². The predicted molar refractivity (Wildman–Crippen MR) is 86.6 cm³/mol. The first-order chi connectivity index (χ1) is 10.6. The number of rotatable bonds is 5. The van der Waals surface area contributed by atoms with E-state index >= 15 is 0 Å². The van der Waals surface area contributed by atoms with Crippen molar-refractivity contribution >= 4 is 28.8 Å². The van der Waals surface area contributed by atoms with E-state index in [4.69, 9.17) is 32.7 Å². The molecule has 0 saturated heterocycles. The van der Waals surface area contributed by atoms with Crippen LogP contribution in [0.2, 0.25) is 5.02 Å². The normalized spacial score (nSPS) is 10.6. The Balaban J connectivity index is 2.05. The predicted octanol–water partition coefficient (Wildman–Crippen LogP) is 3.36. The fourth-order valence-corrected chi connectivity index (χ4v) is 1.71. The monoisotopic (exact) mass is 313 g/mol. The summed E-state index contributed by atoms with van der Waals surface area (Å²) in [5, 5.41) is 20.2. The molecule has 0 fully saturated rings. The van der Waals surface area contributed by atoms with Crippen LogP contribution in [0.15, 0.2) is 53.6 Å². The maximum Gasteiger partial charge on any atom is 0.201 e. The maximum atomic E-state index is 8.73. The summed E-state index contributed by atoms with van der Waals surface area (Å²) in [7, 11) is 0. The molecule has 0 atom stereocenters. The molecule has 4 N–H and O–H groups in total. The molecule has 0 aliphatic rings. The molecule has 0 saturated carbocycles. The van der Waals surface area contributed by atoms with E-state index in [9.17, 15) is 0 Å². The lowest BCUT2D eigenvalue weighted by molar-refractivity contribution is 0.483. The van der Waals surface area contributed by atoms with E-state index in [1.165, 1.54) is 0 Å². The second kappa shape index (κ2) is 7.11. The molecule has 6 nitrogen and oxygen atoms in total. The number of nitrogens with two attached hydrogens (primary N) is 1. The van der Waals surface area contributed by atoms with Gasteiger partial charge in [0.15, 0.2) is 5.84 Å². The average Bonchev–Trinajstić information content (AvgIpc) is 2.49. The number of halogens is 1. The standard InChI is InChI=1S/C15H12ClN5O/c16-10-2-1-3-13(8-10)22-12-6-4-11(5-7-12)20-21-14(9-17)15(18)19/h1-8,20H,(H3,18,19)/b21-14+. The first kappa shape index (κ1) is 15.4. The summed E-state index contributed by atoms with van der Waals surface area (Å²) in [6.45, 7) is 0. The van der Waals surface area contributed by atoms with Gasteiger partial charge in [-0.3, -0.25) is 10.8 Å². The van der Waals surface area contributed by atoms with Crippen LogP contribution in [0.1, 0.15) is 0 Å². The van der Waals surface area contributed by atoms with Crippen LogP contribution >= 0.6 is 11.6 Å². The van der Waals surface area contributed by atoms with Crippen molar-refractivity contribution < 1.29 is 4.74 Å². The number of nitriles is 1. The number of ether oxygens (including phenoxy) is 1. The van der Waals surface area contributed by atoms with E-state index in [0.717, 1.165) is 0 Å². The van der Waals surface area contributed by atoms with Crippen molar-refractivity contribution in [2.24, 2.45) is 10.8 Å². The molecule has 2 aromatic rings. The third kappa shape index (κ3) is 4.23. The quantitative estimate of drug-likeness (QED) is 0.447. The first-order valence-electron chi connectivity index (χ1n) is 6.20. The number of hydrazone groups is 1. The Kier molecular flexibility index (Phi) is 4.96.